The van der Waals surface area contributed by atoms with Crippen LogP contribution in [-0.4, -0.2) is 69.9 Å². The number of hydrogen-bond acceptors (Lipinski definition) is 5. The lowest BCUT2D eigenvalue weighted by molar-refractivity contribution is -0.145. The molecule has 0 bridgehead atoms. The van der Waals surface area contributed by atoms with Crippen LogP contribution in [0.1, 0.15) is 6.42 Å². The van der Waals surface area contributed by atoms with E-state index in [1.165, 1.54) is 4.90 Å². The molecule has 1 aliphatic rings. The van der Waals surface area contributed by atoms with E-state index in [1.807, 2.05) is 0 Å². The molecule has 1 fully saturated rings. The highest BCUT2D eigenvalue weighted by Crippen LogP contribution is 1.96. The zero-order valence-corrected chi connectivity index (χ0v) is 11.3. The smallest absolute Gasteiger partial charge is 0.311 e. The summed E-state index contributed by atoms with van der Waals surface area (Å²) in [7, 11) is -3.13. The van der Waals surface area contributed by atoms with Crippen molar-refractivity contribution in [2.45, 2.75) is 6.42 Å². The molecule has 0 atom stereocenters. The summed E-state index contributed by atoms with van der Waals surface area (Å²) < 4.78 is 21.7. The lowest BCUT2D eigenvalue weighted by Gasteiger charge is -2.18. The highest BCUT2D eigenvalue weighted by Gasteiger charge is 2.22. The Kier molecular flexibility index (Phi) is 5.54. The lowest BCUT2D eigenvalue weighted by Crippen LogP contribution is -2.45. The number of carbonyl (C=O) groups excluding carboxylic acids is 2. The molecule has 8 heteroatoms. The molecular formula is C10H19N3O4S. The van der Waals surface area contributed by atoms with Crippen LogP contribution in [0.15, 0.2) is 0 Å². The van der Waals surface area contributed by atoms with E-state index >= 15 is 0 Å². The molecule has 1 saturated heterocycles. The van der Waals surface area contributed by atoms with Gasteiger partial charge >= 0.3 is 11.8 Å². The largest absolute Gasteiger partial charge is 0.347 e. The average molecular weight is 277 g/mol. The number of sulfone groups is 1. The summed E-state index contributed by atoms with van der Waals surface area (Å²) in [5.74, 6) is -1.49. The summed E-state index contributed by atoms with van der Waals surface area (Å²) in [5.41, 5.74) is 0. The highest BCUT2D eigenvalue weighted by atomic mass is 32.2. The molecule has 0 unspecified atom stereocenters. The van der Waals surface area contributed by atoms with Gasteiger partial charge < -0.3 is 15.5 Å². The van der Waals surface area contributed by atoms with Gasteiger partial charge in [-0.1, -0.05) is 0 Å². The van der Waals surface area contributed by atoms with Crippen LogP contribution in [0, 0.1) is 0 Å². The van der Waals surface area contributed by atoms with Gasteiger partial charge in [0.1, 0.15) is 9.84 Å². The third kappa shape index (κ3) is 5.46. The maximum absolute atomic E-state index is 11.7. The van der Waals surface area contributed by atoms with Crippen molar-refractivity contribution in [2.75, 3.05) is 44.7 Å². The first kappa shape index (κ1) is 14.9. The monoisotopic (exact) mass is 277 g/mol. The van der Waals surface area contributed by atoms with E-state index in [9.17, 15) is 18.0 Å². The van der Waals surface area contributed by atoms with Crippen molar-refractivity contribution in [1.82, 2.24) is 15.5 Å². The second-order valence-corrected chi connectivity index (χ2v) is 6.54. The Bertz CT molecular complexity index is 399. The topological polar surface area (TPSA) is 95.6 Å². The van der Waals surface area contributed by atoms with Gasteiger partial charge in [0.25, 0.3) is 0 Å². The van der Waals surface area contributed by atoms with Crippen molar-refractivity contribution >= 4 is 21.7 Å². The summed E-state index contributed by atoms with van der Waals surface area (Å²) in [6, 6.07) is 0. The van der Waals surface area contributed by atoms with Crippen molar-refractivity contribution in [3.05, 3.63) is 0 Å². The van der Waals surface area contributed by atoms with E-state index in [1.54, 1.807) is 0 Å². The first-order valence-electron chi connectivity index (χ1n) is 5.86. The number of hydrogen-bond donors (Lipinski definition) is 2. The summed E-state index contributed by atoms with van der Waals surface area (Å²) in [4.78, 5) is 24.7. The fourth-order valence-corrected chi connectivity index (χ4v) is 2.09. The van der Waals surface area contributed by atoms with Crippen LogP contribution in [-0.2, 0) is 19.4 Å². The Morgan fingerprint density at radius 1 is 1.28 bits per heavy atom. The van der Waals surface area contributed by atoms with Crippen LogP contribution in [0.25, 0.3) is 0 Å². The summed E-state index contributed by atoms with van der Waals surface area (Å²) in [6.45, 7) is 2.51. The molecule has 0 aliphatic carbocycles. The minimum atomic E-state index is -3.13. The number of nitrogens with one attached hydrogen (secondary N) is 2. The Morgan fingerprint density at radius 2 is 2.00 bits per heavy atom. The molecule has 1 heterocycles. The van der Waals surface area contributed by atoms with Gasteiger partial charge in [-0.2, -0.15) is 0 Å². The van der Waals surface area contributed by atoms with Crippen molar-refractivity contribution in [1.29, 1.82) is 0 Å². The molecule has 0 aromatic rings. The number of carbonyl (C=O) groups is 2. The van der Waals surface area contributed by atoms with Crippen molar-refractivity contribution in [3.8, 4) is 0 Å². The van der Waals surface area contributed by atoms with E-state index in [-0.39, 0.29) is 12.3 Å². The van der Waals surface area contributed by atoms with E-state index in [0.29, 0.717) is 19.6 Å². The average Bonchev–Trinajstić information content (AvgIpc) is 2.54. The van der Waals surface area contributed by atoms with Crippen LogP contribution < -0.4 is 10.6 Å². The molecule has 18 heavy (non-hydrogen) atoms. The Balaban J connectivity index is 2.38. The van der Waals surface area contributed by atoms with Crippen LogP contribution in [0.2, 0.25) is 0 Å². The number of rotatable bonds is 3. The van der Waals surface area contributed by atoms with Gasteiger partial charge in [-0.3, -0.25) is 9.59 Å². The molecule has 0 spiro atoms. The summed E-state index contributed by atoms with van der Waals surface area (Å²) >= 11 is 0. The fraction of sp³-hybridized carbons (Fsp3) is 0.800. The summed E-state index contributed by atoms with van der Waals surface area (Å²) in [5, 5.41) is 5.46. The maximum atomic E-state index is 11.7. The molecule has 2 amide bonds. The predicted octanol–water partition coefficient (Wildman–Crippen LogP) is -2.03. The van der Waals surface area contributed by atoms with E-state index in [0.717, 1.165) is 19.2 Å². The minimum Gasteiger partial charge on any atom is -0.347 e. The third-order valence-corrected chi connectivity index (χ3v) is 3.53. The highest BCUT2D eigenvalue weighted by molar-refractivity contribution is 7.90. The van der Waals surface area contributed by atoms with Crippen molar-refractivity contribution in [3.63, 3.8) is 0 Å². The number of nitrogens with zero attached hydrogens (tertiary/aromatic N) is 1. The molecule has 0 saturated carbocycles. The SMILES string of the molecule is CS(=O)(=O)CCNC(=O)C(=O)N1CCCNCC1. The van der Waals surface area contributed by atoms with Crippen LogP contribution in [0.5, 0.6) is 0 Å². The normalized spacial score (nSPS) is 17.1. The Hall–Kier alpha value is -1.15. The van der Waals surface area contributed by atoms with E-state index in [4.69, 9.17) is 0 Å². The van der Waals surface area contributed by atoms with Gasteiger partial charge in [0, 0.05) is 32.4 Å². The molecule has 1 aliphatic heterocycles. The minimum absolute atomic E-state index is 0.0322. The second-order valence-electron chi connectivity index (χ2n) is 4.28. The van der Waals surface area contributed by atoms with Gasteiger partial charge in [0.05, 0.1) is 5.75 Å². The molecule has 0 radical (unpaired) electrons. The molecule has 7 nitrogen and oxygen atoms in total. The van der Waals surface area contributed by atoms with Gasteiger partial charge in [-0.25, -0.2) is 8.42 Å². The molecule has 0 aromatic carbocycles. The van der Waals surface area contributed by atoms with E-state index < -0.39 is 21.7 Å². The molecular weight excluding hydrogens is 258 g/mol. The van der Waals surface area contributed by atoms with Gasteiger partial charge in [0.15, 0.2) is 0 Å². The van der Waals surface area contributed by atoms with Crippen LogP contribution in [0.3, 0.4) is 0 Å². The predicted molar refractivity (Wildman–Crippen MR) is 66.8 cm³/mol. The molecule has 2 N–H and O–H groups in total. The Morgan fingerprint density at radius 3 is 2.67 bits per heavy atom. The lowest BCUT2D eigenvalue weighted by atomic mass is 10.3. The first-order valence-corrected chi connectivity index (χ1v) is 7.92. The van der Waals surface area contributed by atoms with Crippen LogP contribution in [0.4, 0.5) is 0 Å². The first-order chi connectivity index (χ1) is 8.40. The van der Waals surface area contributed by atoms with Crippen molar-refractivity contribution < 1.29 is 18.0 Å². The standard InChI is InChI=1S/C10H19N3O4S/c1-18(16,17)8-5-12-9(14)10(15)13-6-2-3-11-4-7-13/h11H,2-8H2,1H3,(H,12,14). The van der Waals surface area contributed by atoms with Gasteiger partial charge in [-0.15, -0.1) is 0 Å². The molecule has 104 valence electrons. The third-order valence-electron chi connectivity index (χ3n) is 2.58. The van der Waals surface area contributed by atoms with Crippen molar-refractivity contribution in [2.24, 2.45) is 0 Å². The molecule has 0 aromatic heterocycles. The maximum Gasteiger partial charge on any atom is 0.311 e. The quantitative estimate of drug-likeness (QED) is 0.580. The van der Waals surface area contributed by atoms with Gasteiger partial charge in [-0.05, 0) is 13.0 Å². The van der Waals surface area contributed by atoms with E-state index in [2.05, 4.69) is 10.6 Å². The Labute approximate surface area is 107 Å². The number of amides is 2. The zero-order valence-electron chi connectivity index (χ0n) is 10.4. The second kappa shape index (κ2) is 6.69. The van der Waals surface area contributed by atoms with Crippen LogP contribution >= 0.6 is 0 Å². The zero-order chi connectivity index (χ0) is 13.6. The van der Waals surface area contributed by atoms with Gasteiger partial charge in [0.2, 0.25) is 0 Å². The fourth-order valence-electron chi connectivity index (χ4n) is 1.62. The molecule has 1 rings (SSSR count). The summed E-state index contributed by atoms with van der Waals surface area (Å²) in [6.07, 6.45) is 1.89.